The van der Waals surface area contributed by atoms with Crippen molar-refractivity contribution in [3.05, 3.63) is 0 Å². The lowest BCUT2D eigenvalue weighted by Gasteiger charge is -2.41. The number of piperidine rings is 1. The average Bonchev–Trinajstić information content (AvgIpc) is 3.04. The van der Waals surface area contributed by atoms with Crippen molar-refractivity contribution in [3.8, 4) is 0 Å². The van der Waals surface area contributed by atoms with Crippen LogP contribution in [0.4, 0.5) is 9.59 Å². The zero-order valence-electron chi connectivity index (χ0n) is 17.9. The molecule has 3 fully saturated rings. The van der Waals surface area contributed by atoms with E-state index in [0.717, 1.165) is 64.8 Å². The Morgan fingerprint density at radius 1 is 0.929 bits per heavy atom. The molecule has 0 saturated carbocycles. The minimum Gasteiger partial charge on any atom is -0.450 e. The third-order valence-electron chi connectivity index (χ3n) is 6.79. The second kappa shape index (κ2) is 9.81. The van der Waals surface area contributed by atoms with E-state index in [1.165, 1.54) is 12.8 Å². The minimum absolute atomic E-state index is 0.159. The molecular formula is C21H38N4O3. The van der Waals surface area contributed by atoms with Gasteiger partial charge in [-0.05, 0) is 70.9 Å². The summed E-state index contributed by atoms with van der Waals surface area (Å²) in [7, 11) is 3.71. The summed E-state index contributed by atoms with van der Waals surface area (Å²) in [6.45, 7) is 7.08. The molecule has 0 spiro atoms. The molecule has 160 valence electrons. The maximum atomic E-state index is 12.5. The maximum Gasteiger partial charge on any atom is 0.409 e. The molecule has 0 aromatic heterocycles. The molecule has 28 heavy (non-hydrogen) atoms. The van der Waals surface area contributed by atoms with E-state index in [4.69, 9.17) is 4.74 Å². The number of nitrogens with zero attached hydrogens (tertiary/aromatic N) is 4. The van der Waals surface area contributed by atoms with Crippen molar-refractivity contribution in [1.29, 1.82) is 0 Å². The van der Waals surface area contributed by atoms with Crippen LogP contribution in [0.2, 0.25) is 0 Å². The number of rotatable bonds is 3. The van der Waals surface area contributed by atoms with Crippen LogP contribution in [-0.4, -0.2) is 97.2 Å². The number of urea groups is 1. The predicted molar refractivity (Wildman–Crippen MR) is 109 cm³/mol. The second-order valence-corrected chi connectivity index (χ2v) is 8.72. The fourth-order valence-corrected chi connectivity index (χ4v) is 5.29. The Bertz CT molecular complexity index is 534. The molecule has 0 aromatic rings. The van der Waals surface area contributed by atoms with E-state index in [-0.39, 0.29) is 12.1 Å². The van der Waals surface area contributed by atoms with Gasteiger partial charge in [-0.1, -0.05) is 0 Å². The highest BCUT2D eigenvalue weighted by molar-refractivity contribution is 5.74. The summed E-state index contributed by atoms with van der Waals surface area (Å²) >= 11 is 0. The van der Waals surface area contributed by atoms with E-state index < -0.39 is 0 Å². The van der Waals surface area contributed by atoms with Gasteiger partial charge < -0.3 is 24.3 Å². The quantitative estimate of drug-likeness (QED) is 0.739. The van der Waals surface area contributed by atoms with E-state index in [1.54, 1.807) is 4.90 Å². The first kappa shape index (κ1) is 21.2. The first-order valence-electron chi connectivity index (χ1n) is 11.1. The third kappa shape index (κ3) is 4.91. The van der Waals surface area contributed by atoms with Crippen molar-refractivity contribution >= 4 is 12.1 Å². The van der Waals surface area contributed by atoms with Gasteiger partial charge in [-0.15, -0.1) is 0 Å². The van der Waals surface area contributed by atoms with E-state index in [1.807, 2.05) is 25.9 Å². The number of amides is 3. The molecule has 3 heterocycles. The van der Waals surface area contributed by atoms with Crippen LogP contribution in [0.25, 0.3) is 0 Å². The first-order valence-corrected chi connectivity index (χ1v) is 11.1. The van der Waals surface area contributed by atoms with Crippen LogP contribution >= 0.6 is 0 Å². The molecule has 3 rings (SSSR count). The monoisotopic (exact) mass is 394 g/mol. The van der Waals surface area contributed by atoms with Gasteiger partial charge in [0.1, 0.15) is 0 Å². The lowest BCUT2D eigenvalue weighted by molar-refractivity contribution is 0.0818. The van der Waals surface area contributed by atoms with E-state index in [0.29, 0.717) is 24.6 Å². The maximum absolute atomic E-state index is 12.5. The topological polar surface area (TPSA) is 56.3 Å². The minimum atomic E-state index is -0.159. The number of carbonyl (C=O) groups is 2. The lowest BCUT2D eigenvalue weighted by atomic mass is 9.87. The van der Waals surface area contributed by atoms with Gasteiger partial charge in [0.25, 0.3) is 0 Å². The molecule has 2 unspecified atom stereocenters. The Kier molecular flexibility index (Phi) is 7.43. The highest BCUT2D eigenvalue weighted by Gasteiger charge is 2.38. The zero-order valence-corrected chi connectivity index (χ0v) is 17.9. The Morgan fingerprint density at radius 3 is 2.32 bits per heavy atom. The van der Waals surface area contributed by atoms with Crippen LogP contribution < -0.4 is 0 Å². The van der Waals surface area contributed by atoms with Gasteiger partial charge in [0.15, 0.2) is 0 Å². The fraction of sp³-hybridized carbons (Fsp3) is 0.905. The smallest absolute Gasteiger partial charge is 0.409 e. The van der Waals surface area contributed by atoms with Crippen LogP contribution in [0.1, 0.15) is 51.9 Å². The summed E-state index contributed by atoms with van der Waals surface area (Å²) in [5.74, 6) is 0.629. The van der Waals surface area contributed by atoms with Crippen molar-refractivity contribution in [3.63, 3.8) is 0 Å². The molecule has 7 nitrogen and oxygen atoms in total. The highest BCUT2D eigenvalue weighted by atomic mass is 16.6. The van der Waals surface area contributed by atoms with Gasteiger partial charge in [0.05, 0.1) is 6.61 Å². The number of hydrogen-bond donors (Lipinski definition) is 0. The molecule has 2 atom stereocenters. The summed E-state index contributed by atoms with van der Waals surface area (Å²) in [5.41, 5.74) is 0. The van der Waals surface area contributed by atoms with Crippen molar-refractivity contribution in [1.82, 2.24) is 19.6 Å². The molecule has 3 amide bonds. The van der Waals surface area contributed by atoms with E-state index in [9.17, 15) is 9.59 Å². The van der Waals surface area contributed by atoms with Gasteiger partial charge in [0.2, 0.25) is 0 Å². The molecule has 0 bridgehead atoms. The molecule has 7 heteroatoms. The van der Waals surface area contributed by atoms with Crippen molar-refractivity contribution in [2.45, 2.75) is 64.0 Å². The third-order valence-corrected chi connectivity index (χ3v) is 6.79. The zero-order chi connectivity index (χ0) is 20.1. The van der Waals surface area contributed by atoms with Gasteiger partial charge >= 0.3 is 12.1 Å². The number of carbonyl (C=O) groups excluding carboxylic acids is 2. The number of hydrogen-bond acceptors (Lipinski definition) is 4. The summed E-state index contributed by atoms with van der Waals surface area (Å²) < 4.78 is 5.17. The molecule has 0 aromatic carbocycles. The van der Waals surface area contributed by atoms with E-state index in [2.05, 4.69) is 9.80 Å². The van der Waals surface area contributed by atoms with Gasteiger partial charge in [-0.25, -0.2) is 9.59 Å². The summed E-state index contributed by atoms with van der Waals surface area (Å²) in [6, 6.07) is 1.17. The summed E-state index contributed by atoms with van der Waals surface area (Å²) in [5, 5.41) is 0. The van der Waals surface area contributed by atoms with Crippen LogP contribution in [-0.2, 0) is 4.74 Å². The molecule has 0 N–H and O–H groups in total. The molecule has 0 radical (unpaired) electrons. The second-order valence-electron chi connectivity index (χ2n) is 8.72. The Balaban J connectivity index is 1.49. The lowest BCUT2D eigenvalue weighted by Crippen LogP contribution is -2.49. The Labute approximate surface area is 169 Å². The molecule has 3 saturated heterocycles. The Morgan fingerprint density at radius 2 is 1.64 bits per heavy atom. The molecule has 3 aliphatic heterocycles. The standard InChI is InChI=1S/C21H38N4O3/c1-4-28-21(27)24-12-5-7-18(11-16-24)23-14-9-17(10-15-23)19-8-6-13-25(19)20(26)22(2)3/h17-19H,4-16H2,1-3H3. The van der Waals surface area contributed by atoms with Gasteiger partial charge in [-0.2, -0.15) is 0 Å². The number of ether oxygens (including phenoxy) is 1. The number of likely N-dealkylation sites (tertiary alicyclic amines) is 3. The Hall–Kier alpha value is -1.50. The molecule has 3 aliphatic rings. The van der Waals surface area contributed by atoms with Crippen molar-refractivity contribution < 1.29 is 14.3 Å². The van der Waals surface area contributed by atoms with Crippen LogP contribution in [0, 0.1) is 5.92 Å². The predicted octanol–water partition coefficient (Wildman–Crippen LogP) is 2.86. The average molecular weight is 395 g/mol. The van der Waals surface area contributed by atoms with Crippen molar-refractivity contribution in [2.24, 2.45) is 5.92 Å². The molecule has 0 aliphatic carbocycles. The summed E-state index contributed by atoms with van der Waals surface area (Å²) in [4.78, 5) is 32.8. The fourth-order valence-electron chi connectivity index (χ4n) is 5.29. The van der Waals surface area contributed by atoms with Gasteiger partial charge in [-0.3, -0.25) is 0 Å². The molecular weight excluding hydrogens is 356 g/mol. The van der Waals surface area contributed by atoms with Crippen LogP contribution in [0.3, 0.4) is 0 Å². The van der Waals surface area contributed by atoms with Crippen LogP contribution in [0.5, 0.6) is 0 Å². The van der Waals surface area contributed by atoms with Crippen LogP contribution in [0.15, 0.2) is 0 Å². The normalized spacial score (nSPS) is 27.5. The highest BCUT2D eigenvalue weighted by Crippen LogP contribution is 2.33. The van der Waals surface area contributed by atoms with Gasteiger partial charge in [0, 0.05) is 45.8 Å². The van der Waals surface area contributed by atoms with Crippen molar-refractivity contribution in [2.75, 3.05) is 53.4 Å². The first-order chi connectivity index (χ1) is 13.5. The largest absolute Gasteiger partial charge is 0.450 e. The summed E-state index contributed by atoms with van der Waals surface area (Å²) in [6.07, 6.45) is 7.75. The van der Waals surface area contributed by atoms with E-state index >= 15 is 0 Å². The SMILES string of the molecule is CCOC(=O)N1CCCC(N2CCC(C3CCCN3C(=O)N(C)C)CC2)CC1.